The second-order valence-electron chi connectivity index (χ2n) is 5.48. The Morgan fingerprint density at radius 3 is 2.77 bits per heavy atom. The molecule has 0 bridgehead atoms. The molecule has 0 spiro atoms. The maximum absolute atomic E-state index is 4.59. The molecular weight excluding hydrogens is 292 g/mol. The molecule has 1 N–H and O–H groups in total. The van der Waals surface area contributed by atoms with Crippen molar-refractivity contribution in [1.82, 2.24) is 15.0 Å². The van der Waals surface area contributed by atoms with Crippen molar-refractivity contribution in [3.05, 3.63) is 53.7 Å². The average Bonchev–Trinajstić information content (AvgIpc) is 2.95. The highest BCUT2D eigenvalue weighted by atomic mass is 32.1. The molecule has 0 unspecified atom stereocenters. The smallest absolute Gasteiger partial charge is 0.188 e. The third-order valence-electron chi connectivity index (χ3n) is 4.03. The first kappa shape index (κ1) is 13.4. The molecule has 5 heteroatoms. The van der Waals surface area contributed by atoms with Crippen LogP contribution >= 0.6 is 11.3 Å². The van der Waals surface area contributed by atoms with Gasteiger partial charge in [0.05, 0.1) is 5.69 Å². The van der Waals surface area contributed by atoms with Gasteiger partial charge in [0.25, 0.3) is 0 Å². The van der Waals surface area contributed by atoms with Gasteiger partial charge in [-0.1, -0.05) is 12.5 Å². The van der Waals surface area contributed by atoms with Gasteiger partial charge in [-0.05, 0) is 48.6 Å². The molecule has 0 atom stereocenters. The van der Waals surface area contributed by atoms with E-state index < -0.39 is 0 Å². The average molecular weight is 308 g/mol. The number of hydrogen-bond acceptors (Lipinski definition) is 5. The van der Waals surface area contributed by atoms with Gasteiger partial charge in [0.15, 0.2) is 5.13 Å². The fourth-order valence-corrected chi connectivity index (χ4v) is 3.29. The summed E-state index contributed by atoms with van der Waals surface area (Å²) < 4.78 is 0. The van der Waals surface area contributed by atoms with E-state index in [1.165, 1.54) is 24.8 Å². The number of aromatic nitrogens is 3. The summed E-state index contributed by atoms with van der Waals surface area (Å²) in [6.07, 6.45) is 7.60. The van der Waals surface area contributed by atoms with Gasteiger partial charge in [0.1, 0.15) is 11.5 Å². The molecule has 4 nitrogen and oxygen atoms in total. The Hall–Kier alpha value is -2.27. The number of hydrogen-bond donors (Lipinski definition) is 1. The van der Waals surface area contributed by atoms with Gasteiger partial charge in [-0.2, -0.15) is 0 Å². The number of anilines is 2. The van der Waals surface area contributed by atoms with Crippen molar-refractivity contribution in [2.45, 2.75) is 25.2 Å². The topological polar surface area (TPSA) is 50.7 Å². The SMILES string of the molecule is c1ccc(-c2csc(Nc3cc(C4CCC4)ccn3)n2)nc1. The van der Waals surface area contributed by atoms with Crippen molar-refractivity contribution in [3.8, 4) is 11.4 Å². The van der Waals surface area contributed by atoms with Crippen molar-refractivity contribution < 1.29 is 0 Å². The van der Waals surface area contributed by atoms with Crippen LogP contribution in [0.4, 0.5) is 10.9 Å². The molecule has 0 saturated heterocycles. The van der Waals surface area contributed by atoms with E-state index in [0.717, 1.165) is 22.3 Å². The molecule has 3 aromatic rings. The van der Waals surface area contributed by atoms with Gasteiger partial charge in [-0.3, -0.25) is 4.98 Å². The molecule has 3 heterocycles. The van der Waals surface area contributed by atoms with E-state index in [2.05, 4.69) is 32.4 Å². The maximum atomic E-state index is 4.59. The van der Waals surface area contributed by atoms with Gasteiger partial charge in [-0.25, -0.2) is 9.97 Å². The molecule has 1 fully saturated rings. The van der Waals surface area contributed by atoms with Crippen LogP contribution in [0.3, 0.4) is 0 Å². The number of pyridine rings is 2. The number of nitrogens with zero attached hydrogens (tertiary/aromatic N) is 3. The zero-order valence-electron chi connectivity index (χ0n) is 12.1. The summed E-state index contributed by atoms with van der Waals surface area (Å²) in [7, 11) is 0. The fourth-order valence-electron chi connectivity index (χ4n) is 2.58. The van der Waals surface area contributed by atoms with E-state index >= 15 is 0 Å². The molecule has 1 saturated carbocycles. The summed E-state index contributed by atoms with van der Waals surface area (Å²) in [5.41, 5.74) is 3.16. The Labute approximate surface area is 133 Å². The zero-order chi connectivity index (χ0) is 14.8. The van der Waals surface area contributed by atoms with Crippen LogP contribution in [0, 0.1) is 0 Å². The minimum Gasteiger partial charge on any atom is -0.316 e. The minimum absolute atomic E-state index is 0.712. The quantitative estimate of drug-likeness (QED) is 0.764. The molecular formula is C17H16N4S. The first-order valence-electron chi connectivity index (χ1n) is 7.48. The third-order valence-corrected chi connectivity index (χ3v) is 4.78. The van der Waals surface area contributed by atoms with Crippen LogP contribution in [-0.4, -0.2) is 15.0 Å². The third kappa shape index (κ3) is 2.72. The highest BCUT2D eigenvalue weighted by Gasteiger charge is 2.19. The highest BCUT2D eigenvalue weighted by Crippen LogP contribution is 2.37. The summed E-state index contributed by atoms with van der Waals surface area (Å²) in [5.74, 6) is 1.58. The summed E-state index contributed by atoms with van der Waals surface area (Å²) in [5, 5.41) is 6.17. The van der Waals surface area contributed by atoms with Crippen LogP contribution in [0.15, 0.2) is 48.1 Å². The second kappa shape index (κ2) is 5.85. The molecule has 0 radical (unpaired) electrons. The second-order valence-corrected chi connectivity index (χ2v) is 6.34. The summed E-state index contributed by atoms with van der Waals surface area (Å²) in [6, 6.07) is 10.1. The standard InChI is InChI=1S/C17H16N4S/c1-2-8-18-14(6-1)15-11-22-17(20-15)21-16-10-13(7-9-19-16)12-4-3-5-12/h1-2,6-12H,3-5H2,(H,19,20,21). The lowest BCUT2D eigenvalue weighted by molar-refractivity contribution is 0.419. The lowest BCUT2D eigenvalue weighted by atomic mass is 9.80. The Morgan fingerprint density at radius 1 is 1.05 bits per heavy atom. The Bertz CT molecular complexity index is 765. The Morgan fingerprint density at radius 2 is 2.00 bits per heavy atom. The van der Waals surface area contributed by atoms with Crippen molar-refractivity contribution in [2.24, 2.45) is 0 Å². The molecule has 22 heavy (non-hydrogen) atoms. The number of rotatable bonds is 4. The van der Waals surface area contributed by atoms with Gasteiger partial charge in [0, 0.05) is 17.8 Å². The van der Waals surface area contributed by atoms with Gasteiger partial charge >= 0.3 is 0 Å². The molecule has 1 aliphatic carbocycles. The first-order chi connectivity index (χ1) is 10.9. The largest absolute Gasteiger partial charge is 0.316 e. The number of thiazole rings is 1. The lowest BCUT2D eigenvalue weighted by Gasteiger charge is -2.25. The van der Waals surface area contributed by atoms with E-state index in [9.17, 15) is 0 Å². The highest BCUT2D eigenvalue weighted by molar-refractivity contribution is 7.14. The molecule has 0 aliphatic heterocycles. The summed E-state index contributed by atoms with van der Waals surface area (Å²) >= 11 is 1.57. The molecule has 110 valence electrons. The molecule has 0 amide bonds. The molecule has 4 rings (SSSR count). The van der Waals surface area contributed by atoms with Crippen LogP contribution in [-0.2, 0) is 0 Å². The Balaban J connectivity index is 1.53. The van der Waals surface area contributed by atoms with E-state index in [1.54, 1.807) is 17.5 Å². The van der Waals surface area contributed by atoms with Crippen LogP contribution in [0.5, 0.6) is 0 Å². The van der Waals surface area contributed by atoms with E-state index in [1.807, 2.05) is 29.8 Å². The fraction of sp³-hybridized carbons (Fsp3) is 0.235. The predicted octanol–water partition coefficient (Wildman–Crippen LogP) is 4.61. The maximum Gasteiger partial charge on any atom is 0.188 e. The van der Waals surface area contributed by atoms with Crippen LogP contribution in [0.25, 0.3) is 11.4 Å². The van der Waals surface area contributed by atoms with Gasteiger partial charge in [0.2, 0.25) is 0 Å². The van der Waals surface area contributed by atoms with Crippen molar-refractivity contribution >= 4 is 22.3 Å². The summed E-state index contributed by atoms with van der Waals surface area (Å²) in [4.78, 5) is 13.3. The Kier molecular flexibility index (Phi) is 3.56. The minimum atomic E-state index is 0.712. The van der Waals surface area contributed by atoms with Crippen LogP contribution in [0.2, 0.25) is 0 Å². The first-order valence-corrected chi connectivity index (χ1v) is 8.36. The monoisotopic (exact) mass is 308 g/mol. The summed E-state index contributed by atoms with van der Waals surface area (Å²) in [6.45, 7) is 0. The number of nitrogens with one attached hydrogen (secondary N) is 1. The van der Waals surface area contributed by atoms with E-state index in [-0.39, 0.29) is 0 Å². The predicted molar refractivity (Wildman–Crippen MR) is 89.5 cm³/mol. The van der Waals surface area contributed by atoms with E-state index in [0.29, 0.717) is 5.92 Å². The molecule has 1 aliphatic rings. The van der Waals surface area contributed by atoms with Crippen LogP contribution < -0.4 is 5.32 Å². The van der Waals surface area contributed by atoms with Gasteiger partial charge in [-0.15, -0.1) is 11.3 Å². The van der Waals surface area contributed by atoms with Crippen molar-refractivity contribution in [1.29, 1.82) is 0 Å². The zero-order valence-corrected chi connectivity index (χ0v) is 12.9. The van der Waals surface area contributed by atoms with Crippen molar-refractivity contribution in [2.75, 3.05) is 5.32 Å². The van der Waals surface area contributed by atoms with Gasteiger partial charge < -0.3 is 5.32 Å². The van der Waals surface area contributed by atoms with Crippen LogP contribution in [0.1, 0.15) is 30.7 Å². The molecule has 0 aromatic carbocycles. The van der Waals surface area contributed by atoms with E-state index in [4.69, 9.17) is 0 Å². The molecule has 3 aromatic heterocycles. The lowest BCUT2D eigenvalue weighted by Crippen LogP contribution is -2.09. The normalized spacial score (nSPS) is 14.5. The van der Waals surface area contributed by atoms with Crippen molar-refractivity contribution in [3.63, 3.8) is 0 Å².